The predicted molar refractivity (Wildman–Crippen MR) is 81.5 cm³/mol. The highest BCUT2D eigenvalue weighted by Crippen LogP contribution is 2.25. The van der Waals surface area contributed by atoms with Gasteiger partial charge in [0.1, 0.15) is 15.7 Å². The third kappa shape index (κ3) is 2.87. The Hall–Kier alpha value is -1.20. The molecule has 1 aromatic heterocycles. The van der Waals surface area contributed by atoms with Crippen LogP contribution >= 0.6 is 0 Å². The summed E-state index contributed by atoms with van der Waals surface area (Å²) in [6, 6.07) is 6.16. The molecule has 0 saturated heterocycles. The van der Waals surface area contributed by atoms with Gasteiger partial charge in [-0.15, -0.1) is 4.72 Å². The number of thiol groups is 1. The van der Waals surface area contributed by atoms with Gasteiger partial charge in [-0.2, -0.15) is 5.10 Å². The molecule has 19 heavy (non-hydrogen) atoms. The zero-order valence-electron chi connectivity index (χ0n) is 12.1. The zero-order valence-corrected chi connectivity index (χ0v) is 13.0. The molecule has 0 amide bonds. The lowest BCUT2D eigenvalue weighted by Gasteiger charge is -2.17. The van der Waals surface area contributed by atoms with Crippen molar-refractivity contribution in [2.24, 2.45) is 7.05 Å². The number of aromatic nitrogens is 2. The van der Waals surface area contributed by atoms with E-state index in [-0.39, 0.29) is 10.8 Å². The average Bonchev–Trinajstić information content (AvgIpc) is 2.70. The number of hydrogen-bond acceptors (Lipinski definition) is 2. The molecule has 0 aliphatic rings. The van der Waals surface area contributed by atoms with Gasteiger partial charge in [-0.3, -0.25) is 4.68 Å². The normalized spacial score (nSPS) is 15.6. The van der Waals surface area contributed by atoms with Gasteiger partial charge in [0.2, 0.25) is 0 Å². The fourth-order valence-electron chi connectivity index (χ4n) is 2.02. The van der Waals surface area contributed by atoms with Gasteiger partial charge in [0.05, 0.1) is 17.8 Å². The van der Waals surface area contributed by atoms with E-state index in [1.54, 1.807) is 0 Å². The van der Waals surface area contributed by atoms with E-state index in [1.165, 1.54) is 0 Å². The summed E-state index contributed by atoms with van der Waals surface area (Å²) in [5.41, 5.74) is 2.23. The summed E-state index contributed by atoms with van der Waals surface area (Å²) in [6.45, 7) is 7.99. The van der Waals surface area contributed by atoms with Crippen molar-refractivity contribution in [3.63, 3.8) is 0 Å². The third-order valence-electron chi connectivity index (χ3n) is 3.21. The molecule has 4 nitrogen and oxygen atoms in total. The molecule has 5 heteroatoms. The van der Waals surface area contributed by atoms with Crippen LogP contribution in [0.3, 0.4) is 0 Å². The fourth-order valence-corrected chi connectivity index (χ4v) is 2.89. The van der Waals surface area contributed by atoms with Crippen molar-refractivity contribution in [2.75, 3.05) is 0 Å². The molecule has 0 spiro atoms. The quantitative estimate of drug-likeness (QED) is 0.694. The van der Waals surface area contributed by atoms with Crippen molar-refractivity contribution in [3.8, 4) is 0 Å². The first-order valence-corrected chi connectivity index (χ1v) is 7.71. The smallest absolute Gasteiger partial charge is 0.147 e. The molecule has 0 saturated carbocycles. The number of hydrogen-bond donors (Lipinski definition) is 1. The molecule has 1 aromatic carbocycles. The maximum atomic E-state index is 12.2. The van der Waals surface area contributed by atoms with E-state index >= 15 is 0 Å². The second-order valence-corrected chi connectivity index (χ2v) is 8.05. The highest BCUT2D eigenvalue weighted by atomic mass is 32.2. The molecule has 104 valence electrons. The van der Waals surface area contributed by atoms with Gasteiger partial charge < -0.3 is 0 Å². The molecule has 1 unspecified atom stereocenters. The van der Waals surface area contributed by atoms with Crippen LogP contribution in [-0.2, 0) is 22.2 Å². The first kappa shape index (κ1) is 14.2. The molecule has 0 aliphatic heterocycles. The minimum atomic E-state index is -1.46. The van der Waals surface area contributed by atoms with Gasteiger partial charge in [0.15, 0.2) is 0 Å². The lowest BCUT2D eigenvalue weighted by Crippen LogP contribution is -2.34. The Labute approximate surface area is 116 Å². The summed E-state index contributed by atoms with van der Waals surface area (Å²) in [5, 5.41) is 5.40. The Morgan fingerprint density at radius 2 is 2.05 bits per heavy atom. The molecule has 1 N–H and O–H groups in total. The Morgan fingerprint density at radius 1 is 1.37 bits per heavy atom. The second kappa shape index (κ2) is 5.06. The highest BCUT2D eigenvalue weighted by Gasteiger charge is 2.28. The summed E-state index contributed by atoms with van der Waals surface area (Å²) < 4.78 is 17.0. The van der Waals surface area contributed by atoms with E-state index in [1.807, 2.05) is 57.8 Å². The summed E-state index contributed by atoms with van der Waals surface area (Å²) >= 11 is 0. The fraction of sp³-hybridized carbons (Fsp3) is 0.500. The summed E-state index contributed by atoms with van der Waals surface area (Å²) in [6.07, 6.45) is 1.87. The maximum Gasteiger partial charge on any atom is 0.147 e. The Balaban J connectivity index is 2.32. The third-order valence-corrected chi connectivity index (χ3v) is 5.05. The SMILES string of the molecule is C[C@H](N[SH+](=O)C(C)(C)C)c1cccc2c1cnn2C. The van der Waals surface area contributed by atoms with Gasteiger partial charge in [-0.05, 0) is 39.3 Å². The monoisotopic (exact) mass is 280 g/mol. The largest absolute Gasteiger partial charge is 0.268 e. The van der Waals surface area contributed by atoms with Crippen LogP contribution in [0.25, 0.3) is 10.9 Å². The van der Waals surface area contributed by atoms with Crippen LogP contribution in [-0.4, -0.2) is 14.5 Å². The minimum Gasteiger partial charge on any atom is -0.268 e. The molecule has 0 bridgehead atoms. The number of rotatable bonds is 3. The van der Waals surface area contributed by atoms with E-state index in [2.05, 4.69) is 15.9 Å². The van der Waals surface area contributed by atoms with E-state index in [0.717, 1.165) is 16.5 Å². The lowest BCUT2D eigenvalue weighted by molar-refractivity contribution is 0.556. The highest BCUT2D eigenvalue weighted by molar-refractivity contribution is 7.84. The average molecular weight is 280 g/mol. The molecule has 1 heterocycles. The van der Waals surface area contributed by atoms with Crippen molar-refractivity contribution < 1.29 is 4.21 Å². The van der Waals surface area contributed by atoms with Crippen molar-refractivity contribution >= 4 is 21.9 Å². The van der Waals surface area contributed by atoms with Gasteiger partial charge in [-0.25, -0.2) is 0 Å². The molecule has 0 aliphatic carbocycles. The number of fused-ring (bicyclic) bond motifs is 1. The molecular weight excluding hydrogens is 258 g/mol. The van der Waals surface area contributed by atoms with E-state index in [9.17, 15) is 4.21 Å². The first-order chi connectivity index (χ1) is 8.80. The van der Waals surface area contributed by atoms with Crippen molar-refractivity contribution in [3.05, 3.63) is 30.0 Å². The maximum absolute atomic E-state index is 12.2. The first-order valence-electron chi connectivity index (χ1n) is 6.45. The number of aryl methyl sites for hydroxylation is 1. The van der Waals surface area contributed by atoms with Crippen molar-refractivity contribution in [1.82, 2.24) is 14.5 Å². The predicted octanol–water partition coefficient (Wildman–Crippen LogP) is 2.63. The standard InChI is InChI=1S/C14H21N3OS/c1-10(16-19(18)14(2,3)4)11-7-6-8-13-12(11)9-15-17(13)5/h6-10H,1-5H3,(H,16,18)/p+1/t10-,19?/m0/s1. The van der Waals surface area contributed by atoms with E-state index < -0.39 is 11.0 Å². The van der Waals surface area contributed by atoms with Gasteiger partial charge >= 0.3 is 0 Å². The molecule has 2 rings (SSSR count). The Bertz CT molecular complexity index is 613. The van der Waals surface area contributed by atoms with Crippen LogP contribution in [0.5, 0.6) is 0 Å². The second-order valence-electron chi connectivity index (χ2n) is 5.86. The van der Waals surface area contributed by atoms with Crippen LogP contribution in [0.1, 0.15) is 39.3 Å². The molecule has 0 radical (unpaired) electrons. The zero-order chi connectivity index (χ0) is 14.2. The van der Waals surface area contributed by atoms with Gasteiger partial charge in [-0.1, -0.05) is 16.3 Å². The van der Waals surface area contributed by atoms with Crippen LogP contribution in [0.4, 0.5) is 0 Å². The summed E-state index contributed by atoms with van der Waals surface area (Å²) in [5.74, 6) is 0. The molecule has 0 fully saturated rings. The molecular formula is C14H22N3OS+. The summed E-state index contributed by atoms with van der Waals surface area (Å²) in [7, 11) is 0.470. The van der Waals surface area contributed by atoms with E-state index in [4.69, 9.17) is 0 Å². The van der Waals surface area contributed by atoms with Crippen molar-refractivity contribution in [2.45, 2.75) is 38.5 Å². The number of nitrogens with zero attached hydrogens (tertiary/aromatic N) is 2. The Morgan fingerprint density at radius 3 is 2.68 bits per heavy atom. The van der Waals surface area contributed by atoms with E-state index in [0.29, 0.717) is 0 Å². The van der Waals surface area contributed by atoms with Crippen LogP contribution in [0.2, 0.25) is 0 Å². The van der Waals surface area contributed by atoms with Crippen molar-refractivity contribution in [1.29, 1.82) is 0 Å². The topological polar surface area (TPSA) is 46.9 Å². The number of nitrogens with one attached hydrogen (secondary N) is 1. The van der Waals surface area contributed by atoms with Crippen LogP contribution in [0, 0.1) is 0 Å². The minimum absolute atomic E-state index is 0.0377. The van der Waals surface area contributed by atoms with Gasteiger partial charge in [0, 0.05) is 12.4 Å². The summed E-state index contributed by atoms with van der Waals surface area (Å²) in [4.78, 5) is 0. The van der Waals surface area contributed by atoms with Gasteiger partial charge in [0.25, 0.3) is 0 Å². The lowest BCUT2D eigenvalue weighted by atomic mass is 10.1. The number of benzene rings is 1. The van der Waals surface area contributed by atoms with Crippen LogP contribution in [0.15, 0.2) is 24.4 Å². The Kier molecular flexibility index (Phi) is 3.78. The molecule has 2 atom stereocenters. The van der Waals surface area contributed by atoms with Crippen LogP contribution < -0.4 is 4.72 Å². The molecule has 2 aromatic rings.